The van der Waals surface area contributed by atoms with E-state index < -0.39 is 54.6 Å². The second-order valence-corrected chi connectivity index (χ2v) is 10.9. The van der Waals surface area contributed by atoms with Crippen LogP contribution in [0.15, 0.2) is 77.2 Å². The molecule has 0 radical (unpaired) electrons. The number of esters is 1. The van der Waals surface area contributed by atoms with Crippen LogP contribution in [-0.4, -0.2) is 56.9 Å². The minimum Gasteiger partial charge on any atom is -0.425 e. The summed E-state index contributed by atoms with van der Waals surface area (Å²) in [5.41, 5.74) is 2.42. The lowest BCUT2D eigenvalue weighted by atomic mass is 9.94. The molecule has 1 N–H and O–H groups in total. The van der Waals surface area contributed by atoms with Gasteiger partial charge in [-0.05, 0) is 35.8 Å². The van der Waals surface area contributed by atoms with Gasteiger partial charge in [-0.2, -0.15) is 18.2 Å². The Hall–Kier alpha value is -3.28. The van der Waals surface area contributed by atoms with Gasteiger partial charge in [0.05, 0.1) is 18.6 Å². The molecule has 0 aromatic heterocycles. The first kappa shape index (κ1) is 27.3. The number of fused-ring (bicyclic) bond motifs is 3. The van der Waals surface area contributed by atoms with Crippen molar-refractivity contribution in [1.29, 1.82) is 0 Å². The van der Waals surface area contributed by atoms with E-state index >= 15 is 0 Å². The van der Waals surface area contributed by atoms with Crippen molar-refractivity contribution in [1.82, 2.24) is 14.9 Å². The number of amides is 1. The van der Waals surface area contributed by atoms with Crippen LogP contribution in [-0.2, 0) is 20.1 Å². The Balaban J connectivity index is 1.73. The van der Waals surface area contributed by atoms with Gasteiger partial charge in [0.15, 0.2) is 11.5 Å². The number of alkyl halides is 3. The topological polar surface area (TPSA) is 73.3 Å². The second kappa shape index (κ2) is 10.4. The molecule has 0 saturated carbocycles. The van der Waals surface area contributed by atoms with Crippen LogP contribution >= 0.6 is 11.8 Å². The van der Waals surface area contributed by atoms with Crippen molar-refractivity contribution in [3.8, 4) is 0 Å². The van der Waals surface area contributed by atoms with E-state index in [1.807, 2.05) is 48.5 Å². The Bertz CT molecular complexity index is 1310. The number of ether oxygens (including phenoxy) is 1. The molecule has 5 rings (SSSR count). The van der Waals surface area contributed by atoms with Crippen molar-refractivity contribution in [3.05, 3.63) is 89.0 Å². The van der Waals surface area contributed by atoms with Crippen LogP contribution in [0, 0.1) is 5.92 Å². The maximum Gasteiger partial charge on any atom is 0.408 e. The molecule has 3 heterocycles. The summed E-state index contributed by atoms with van der Waals surface area (Å²) in [7, 11) is 0. The van der Waals surface area contributed by atoms with Crippen LogP contribution in [0.2, 0.25) is 0 Å². The number of halogens is 3. The van der Waals surface area contributed by atoms with E-state index in [1.54, 1.807) is 30.6 Å². The highest BCUT2D eigenvalue weighted by atomic mass is 32.2. The first-order valence-electron chi connectivity index (χ1n) is 12.5. The van der Waals surface area contributed by atoms with Gasteiger partial charge in [-0.3, -0.25) is 14.6 Å². The highest BCUT2D eigenvalue weighted by molar-refractivity contribution is 7.98. The summed E-state index contributed by atoms with van der Waals surface area (Å²) in [5.74, 6) is -2.03. The van der Waals surface area contributed by atoms with Gasteiger partial charge in [-0.1, -0.05) is 56.3 Å². The highest BCUT2D eigenvalue weighted by Crippen LogP contribution is 2.46. The van der Waals surface area contributed by atoms with Gasteiger partial charge in [0.1, 0.15) is 12.1 Å². The first-order chi connectivity index (χ1) is 18.5. The third-order valence-electron chi connectivity index (χ3n) is 7.05. The summed E-state index contributed by atoms with van der Waals surface area (Å²) in [4.78, 5) is 27.9. The second-order valence-electron chi connectivity index (χ2n) is 9.92. The van der Waals surface area contributed by atoms with Crippen LogP contribution in [0.1, 0.15) is 43.5 Å². The van der Waals surface area contributed by atoms with Gasteiger partial charge in [0.2, 0.25) is 0 Å². The average Bonchev–Trinajstić information content (AvgIpc) is 3.06. The van der Waals surface area contributed by atoms with Crippen molar-refractivity contribution in [2.24, 2.45) is 5.92 Å². The maximum atomic E-state index is 14.0. The fourth-order valence-corrected chi connectivity index (χ4v) is 5.95. The van der Waals surface area contributed by atoms with Crippen molar-refractivity contribution in [3.63, 3.8) is 0 Å². The highest BCUT2D eigenvalue weighted by Gasteiger charge is 2.51. The number of carbonyl (C=O) groups is 2. The summed E-state index contributed by atoms with van der Waals surface area (Å²) in [6, 6.07) is 12.6. The molecule has 0 bridgehead atoms. The molecule has 1 saturated heterocycles. The first-order valence-corrected chi connectivity index (χ1v) is 13.5. The molecule has 3 atom stereocenters. The lowest BCUT2D eigenvalue weighted by Crippen LogP contribution is -2.62. The number of nitrogens with zero attached hydrogens (tertiary/aromatic N) is 3. The Morgan fingerprint density at radius 2 is 1.74 bits per heavy atom. The maximum absolute atomic E-state index is 14.0. The monoisotopic (exact) mass is 559 g/mol. The molecule has 3 aliphatic rings. The van der Waals surface area contributed by atoms with E-state index in [2.05, 4.69) is 0 Å². The number of aliphatic hydroxyl groups excluding tert-OH is 1. The number of hydrazine groups is 1. The number of hydrogen-bond donors (Lipinski definition) is 1. The zero-order valence-electron chi connectivity index (χ0n) is 21.6. The third kappa shape index (κ3) is 4.94. The fraction of sp³-hybridized carbons (Fsp3) is 0.357. The molecule has 1 fully saturated rings. The number of benzene rings is 2. The Kier molecular flexibility index (Phi) is 7.25. The fourth-order valence-electron chi connectivity index (χ4n) is 4.85. The number of hydrogen-bond acceptors (Lipinski definition) is 7. The number of carbonyl (C=O) groups excluding carboxylic acids is 2. The van der Waals surface area contributed by atoms with E-state index in [0.29, 0.717) is 10.7 Å². The molecular formula is C28H28F3N3O4S. The molecule has 0 aliphatic carbocycles. The van der Waals surface area contributed by atoms with E-state index in [9.17, 15) is 27.9 Å². The number of thioether (sulfide) groups is 1. The summed E-state index contributed by atoms with van der Waals surface area (Å²) in [5, 5.41) is 13.8. The van der Waals surface area contributed by atoms with Gasteiger partial charge in [0.25, 0.3) is 5.91 Å². The lowest BCUT2D eigenvalue weighted by Gasteiger charge is -2.50. The molecule has 7 nitrogen and oxygen atoms in total. The van der Waals surface area contributed by atoms with E-state index in [1.165, 1.54) is 17.3 Å². The molecule has 39 heavy (non-hydrogen) atoms. The van der Waals surface area contributed by atoms with Crippen LogP contribution in [0.5, 0.6) is 0 Å². The van der Waals surface area contributed by atoms with Gasteiger partial charge < -0.3 is 14.7 Å². The summed E-state index contributed by atoms with van der Waals surface area (Å²) >= 11 is 1.63. The molecule has 0 spiro atoms. The predicted molar refractivity (Wildman–Crippen MR) is 138 cm³/mol. The van der Waals surface area contributed by atoms with Crippen molar-refractivity contribution < 1.29 is 32.6 Å². The van der Waals surface area contributed by atoms with Crippen LogP contribution in [0.3, 0.4) is 0 Å². The van der Waals surface area contributed by atoms with E-state index in [4.69, 9.17) is 4.74 Å². The number of aliphatic hydroxyl groups is 1. The van der Waals surface area contributed by atoms with Gasteiger partial charge in [-0.25, -0.2) is 0 Å². The molecule has 1 amide bonds. The number of rotatable bonds is 4. The van der Waals surface area contributed by atoms with Crippen LogP contribution in [0.4, 0.5) is 13.2 Å². The Morgan fingerprint density at radius 3 is 2.44 bits per heavy atom. The molecule has 2 aromatic rings. The summed E-state index contributed by atoms with van der Waals surface area (Å²) < 4.78 is 47.6. The summed E-state index contributed by atoms with van der Waals surface area (Å²) in [6.45, 7) is 3.69. The Morgan fingerprint density at radius 1 is 1.08 bits per heavy atom. The van der Waals surface area contributed by atoms with Gasteiger partial charge in [0, 0.05) is 16.8 Å². The van der Waals surface area contributed by atoms with Crippen molar-refractivity contribution in [2.75, 3.05) is 6.67 Å². The van der Waals surface area contributed by atoms with Gasteiger partial charge in [-0.15, -0.1) is 11.8 Å². The van der Waals surface area contributed by atoms with E-state index in [0.717, 1.165) is 28.5 Å². The molecular weight excluding hydrogens is 531 g/mol. The molecule has 3 aliphatic heterocycles. The SMILES string of the molecule is CC(C)C(=O)OC1=C2C(=O)N([C@@H](C)C(F)(F)F)CN([C@H]3c4ccccc4CSc4ccccc43)N2C=CC1O. The third-order valence-corrected chi connectivity index (χ3v) is 8.18. The van der Waals surface area contributed by atoms with Crippen molar-refractivity contribution >= 4 is 23.6 Å². The lowest BCUT2D eigenvalue weighted by molar-refractivity contribution is -0.204. The summed E-state index contributed by atoms with van der Waals surface area (Å²) in [6.07, 6.45) is -3.41. The average molecular weight is 560 g/mol. The zero-order valence-corrected chi connectivity index (χ0v) is 22.4. The van der Waals surface area contributed by atoms with Crippen LogP contribution in [0.25, 0.3) is 0 Å². The largest absolute Gasteiger partial charge is 0.425 e. The van der Waals surface area contributed by atoms with Crippen LogP contribution < -0.4 is 0 Å². The molecule has 2 aromatic carbocycles. The zero-order chi connectivity index (χ0) is 28.1. The van der Waals surface area contributed by atoms with Crippen molar-refractivity contribution in [2.45, 2.75) is 55.8 Å². The Labute approximate surface area is 228 Å². The molecule has 206 valence electrons. The standard InChI is InChI=1S/C28H28F3N3O4S/c1-16(2)27(37)38-25-21(35)12-13-33-24(25)26(36)32(17(3)28(29,30)31)15-34(33)23-19-9-5-4-8-18(19)14-39-22-11-7-6-10-20(22)23/h4-13,16-17,21,23,35H,14-15H2,1-3H3/t17-,21?,23-/m0/s1. The normalized spacial score (nSPS) is 22.3. The quantitative estimate of drug-likeness (QED) is 0.532. The predicted octanol–water partition coefficient (Wildman–Crippen LogP) is 4.95. The minimum atomic E-state index is -4.71. The molecule has 1 unspecified atom stereocenters. The smallest absolute Gasteiger partial charge is 0.408 e. The minimum absolute atomic E-state index is 0.326. The van der Waals surface area contributed by atoms with Gasteiger partial charge >= 0.3 is 12.1 Å². The van der Waals surface area contributed by atoms with E-state index in [-0.39, 0.29) is 5.70 Å². The molecule has 11 heteroatoms.